The van der Waals surface area contributed by atoms with Crippen molar-refractivity contribution in [1.82, 2.24) is 25.1 Å². The largest absolute Gasteiger partial charge is 0.497 e. The summed E-state index contributed by atoms with van der Waals surface area (Å²) in [5, 5.41) is 16.0. The first-order valence-electron chi connectivity index (χ1n) is 11.0. The number of hydrogen-bond acceptors (Lipinski definition) is 9. The van der Waals surface area contributed by atoms with E-state index in [-0.39, 0.29) is 24.3 Å². The number of aromatic nitrogens is 4. The molecule has 1 amide bonds. The fourth-order valence-electron chi connectivity index (χ4n) is 3.62. The van der Waals surface area contributed by atoms with Crippen LogP contribution in [0.3, 0.4) is 0 Å². The second-order valence-electron chi connectivity index (χ2n) is 7.62. The number of para-hydroxylation sites is 1. The molecule has 3 heterocycles. The number of ether oxygens (including phenoxy) is 3. The Hall–Kier alpha value is -4.93. The molecule has 36 heavy (non-hydrogen) atoms. The van der Waals surface area contributed by atoms with Crippen molar-refractivity contribution in [3.63, 3.8) is 0 Å². The summed E-state index contributed by atoms with van der Waals surface area (Å²) in [6.45, 7) is 0.263. The van der Waals surface area contributed by atoms with Gasteiger partial charge in [0.1, 0.15) is 17.9 Å². The number of nitrogens with zero attached hydrogens (tertiary/aromatic N) is 4. The van der Waals surface area contributed by atoms with Crippen molar-refractivity contribution in [3.8, 4) is 28.8 Å². The quantitative estimate of drug-likeness (QED) is 0.259. The molecule has 0 aliphatic carbocycles. The fraction of sp³-hybridized carbons (Fsp3) is 0.160. The topological polar surface area (TPSA) is 130 Å². The van der Waals surface area contributed by atoms with Crippen LogP contribution in [0.4, 0.5) is 0 Å². The van der Waals surface area contributed by atoms with Crippen LogP contribution in [-0.4, -0.2) is 53.1 Å². The van der Waals surface area contributed by atoms with Crippen LogP contribution in [-0.2, 0) is 0 Å². The van der Waals surface area contributed by atoms with Crippen LogP contribution in [0, 0.1) is 0 Å². The summed E-state index contributed by atoms with van der Waals surface area (Å²) >= 11 is 0. The summed E-state index contributed by atoms with van der Waals surface area (Å²) in [6, 6.07) is 17.4. The van der Waals surface area contributed by atoms with Crippen molar-refractivity contribution in [2.24, 2.45) is 0 Å². The van der Waals surface area contributed by atoms with Crippen LogP contribution in [0.1, 0.15) is 10.4 Å². The first-order valence-corrected chi connectivity index (χ1v) is 11.0. The van der Waals surface area contributed by atoms with Crippen molar-refractivity contribution in [1.29, 1.82) is 0 Å². The fourth-order valence-corrected chi connectivity index (χ4v) is 3.62. The van der Waals surface area contributed by atoms with Crippen molar-refractivity contribution in [2.75, 3.05) is 27.4 Å². The van der Waals surface area contributed by atoms with Gasteiger partial charge in [0.2, 0.25) is 5.88 Å². The van der Waals surface area contributed by atoms with E-state index in [0.717, 1.165) is 11.3 Å². The molecular formula is C25H21N5O6. The van der Waals surface area contributed by atoms with Gasteiger partial charge in [-0.05, 0) is 42.5 Å². The number of carbonyl (C=O) groups excluding carboxylic acids is 1. The molecule has 182 valence electrons. The highest BCUT2D eigenvalue weighted by molar-refractivity contribution is 5.97. The van der Waals surface area contributed by atoms with Crippen LogP contribution >= 0.6 is 0 Å². The number of methoxy groups -OCH3 is 2. The number of benzene rings is 2. The molecule has 0 unspecified atom stereocenters. The van der Waals surface area contributed by atoms with Gasteiger partial charge in [-0.1, -0.05) is 12.1 Å². The molecule has 11 heteroatoms. The Morgan fingerprint density at radius 1 is 1.03 bits per heavy atom. The van der Waals surface area contributed by atoms with Gasteiger partial charge in [0, 0.05) is 17.0 Å². The van der Waals surface area contributed by atoms with E-state index in [1.165, 1.54) is 13.2 Å². The maximum atomic E-state index is 12.6. The first-order chi connectivity index (χ1) is 17.6. The normalized spacial score (nSPS) is 10.9. The van der Waals surface area contributed by atoms with Crippen LogP contribution < -0.4 is 25.2 Å². The number of fused-ring (bicyclic) bond motifs is 2. The monoisotopic (exact) mass is 487 g/mol. The third-order valence-electron chi connectivity index (χ3n) is 5.41. The van der Waals surface area contributed by atoms with E-state index < -0.39 is 11.5 Å². The minimum atomic E-state index is -0.754. The smallest absolute Gasteiger partial charge is 0.349 e. The van der Waals surface area contributed by atoms with E-state index in [9.17, 15) is 9.59 Å². The summed E-state index contributed by atoms with van der Waals surface area (Å²) in [4.78, 5) is 24.9. The van der Waals surface area contributed by atoms with Gasteiger partial charge < -0.3 is 23.9 Å². The average Bonchev–Trinajstić information content (AvgIpc) is 3.33. The van der Waals surface area contributed by atoms with E-state index in [2.05, 4.69) is 20.6 Å². The summed E-state index contributed by atoms with van der Waals surface area (Å²) < 4.78 is 23.0. The molecule has 0 spiro atoms. The van der Waals surface area contributed by atoms with Gasteiger partial charge >= 0.3 is 5.63 Å². The number of nitrogens with one attached hydrogen (secondary N) is 1. The average molecular weight is 487 g/mol. The standard InChI is InChI=1S/C25H21N5O6/c1-33-17-8-6-15(7-9-17)23-28-27-20-10-11-21(29-30(20)23)35-13-12-26-24(31)18-14-16-4-3-5-19(34-2)22(16)36-25(18)32/h3-11,14H,12-13H2,1-2H3,(H,26,31). The minimum absolute atomic E-state index is 0.107. The van der Waals surface area contributed by atoms with E-state index in [1.54, 1.807) is 42.0 Å². The zero-order chi connectivity index (χ0) is 25.1. The third-order valence-corrected chi connectivity index (χ3v) is 5.41. The first kappa shape index (κ1) is 22.8. The van der Waals surface area contributed by atoms with Crippen molar-refractivity contribution in [2.45, 2.75) is 0 Å². The summed E-state index contributed by atoms with van der Waals surface area (Å²) in [5.41, 5.74) is 0.794. The van der Waals surface area contributed by atoms with Crippen molar-refractivity contribution < 1.29 is 23.4 Å². The minimum Gasteiger partial charge on any atom is -0.497 e. The van der Waals surface area contributed by atoms with Crippen molar-refractivity contribution in [3.05, 3.63) is 76.6 Å². The zero-order valence-electron chi connectivity index (χ0n) is 19.4. The van der Waals surface area contributed by atoms with Gasteiger partial charge in [-0.3, -0.25) is 4.79 Å². The molecule has 0 bridgehead atoms. The van der Waals surface area contributed by atoms with Crippen molar-refractivity contribution >= 4 is 22.5 Å². The van der Waals surface area contributed by atoms with Gasteiger partial charge in [0.25, 0.3) is 5.91 Å². The second-order valence-corrected chi connectivity index (χ2v) is 7.62. The van der Waals surface area contributed by atoms with Gasteiger partial charge in [0.15, 0.2) is 22.8 Å². The Kier molecular flexibility index (Phi) is 6.18. The van der Waals surface area contributed by atoms with E-state index in [0.29, 0.717) is 28.5 Å². The van der Waals surface area contributed by atoms with E-state index in [4.69, 9.17) is 18.6 Å². The molecule has 0 aliphatic rings. The predicted octanol–water partition coefficient (Wildman–Crippen LogP) is 2.72. The Morgan fingerprint density at radius 2 is 1.86 bits per heavy atom. The SMILES string of the molecule is COc1ccc(-c2nnc3ccc(OCCNC(=O)c4cc5cccc(OC)c5oc4=O)nn23)cc1. The molecule has 0 fully saturated rings. The molecule has 0 saturated heterocycles. The van der Waals surface area contributed by atoms with Crippen LogP contribution in [0.15, 0.2) is 69.9 Å². The van der Waals surface area contributed by atoms with Crippen LogP contribution in [0.25, 0.3) is 28.0 Å². The molecule has 0 saturated carbocycles. The Bertz CT molecular complexity index is 1610. The number of carbonyl (C=O) groups is 1. The highest BCUT2D eigenvalue weighted by Gasteiger charge is 2.16. The van der Waals surface area contributed by atoms with E-state index in [1.807, 2.05) is 24.3 Å². The molecule has 0 atom stereocenters. The molecule has 2 aromatic carbocycles. The lowest BCUT2D eigenvalue weighted by molar-refractivity contribution is 0.0943. The van der Waals surface area contributed by atoms with Crippen LogP contribution in [0.2, 0.25) is 0 Å². The number of rotatable bonds is 8. The molecule has 1 N–H and O–H groups in total. The highest BCUT2D eigenvalue weighted by atomic mass is 16.5. The van der Waals surface area contributed by atoms with Crippen LogP contribution in [0.5, 0.6) is 17.4 Å². The van der Waals surface area contributed by atoms with E-state index >= 15 is 0 Å². The van der Waals surface area contributed by atoms with Gasteiger partial charge in [-0.15, -0.1) is 15.3 Å². The lowest BCUT2D eigenvalue weighted by Crippen LogP contribution is -2.31. The molecule has 0 radical (unpaired) electrons. The molecule has 5 aromatic rings. The second kappa shape index (κ2) is 9.74. The van der Waals surface area contributed by atoms with Gasteiger partial charge in [0.05, 0.1) is 20.8 Å². The lowest BCUT2D eigenvalue weighted by atomic mass is 10.1. The molecular weight excluding hydrogens is 466 g/mol. The summed E-state index contributed by atoms with van der Waals surface area (Å²) in [7, 11) is 3.08. The lowest BCUT2D eigenvalue weighted by Gasteiger charge is -2.08. The Labute approximate surface area is 204 Å². The highest BCUT2D eigenvalue weighted by Crippen LogP contribution is 2.24. The van der Waals surface area contributed by atoms with Gasteiger partial charge in [-0.25, -0.2) is 4.79 Å². The summed E-state index contributed by atoms with van der Waals surface area (Å²) in [5.74, 6) is 1.45. The molecule has 0 aliphatic heterocycles. The predicted molar refractivity (Wildman–Crippen MR) is 130 cm³/mol. The van der Waals surface area contributed by atoms with Gasteiger partial charge in [-0.2, -0.15) is 4.52 Å². The summed E-state index contributed by atoms with van der Waals surface area (Å²) in [6.07, 6.45) is 0. The molecule has 5 rings (SSSR count). The molecule has 11 nitrogen and oxygen atoms in total. The zero-order valence-corrected chi connectivity index (χ0v) is 19.4. The molecule has 3 aromatic heterocycles. The number of amides is 1. The number of hydrogen-bond donors (Lipinski definition) is 1. The Morgan fingerprint density at radius 3 is 2.64 bits per heavy atom. The third kappa shape index (κ3) is 4.41. The maximum absolute atomic E-state index is 12.6. The Balaban J connectivity index is 1.24. The maximum Gasteiger partial charge on any atom is 0.349 e.